The molecule has 0 bridgehead atoms. The third-order valence-corrected chi connectivity index (χ3v) is 21.1. The van der Waals surface area contributed by atoms with Crippen LogP contribution in [0.3, 0.4) is 0 Å². The second-order valence-corrected chi connectivity index (χ2v) is 29.0. The van der Waals surface area contributed by atoms with Gasteiger partial charge >= 0.3 is 0 Å². The Bertz CT molecular complexity index is 1740. The zero-order valence-electron chi connectivity index (χ0n) is 50.3. The van der Waals surface area contributed by atoms with Crippen LogP contribution < -0.4 is 45.9 Å². The molecule has 0 fully saturated rings. The molecule has 0 rings (SSSR count). The summed E-state index contributed by atoms with van der Waals surface area (Å²) in [5.41, 5.74) is 44.1. The van der Waals surface area contributed by atoms with Crippen molar-refractivity contribution in [3.8, 4) is 0 Å². The second-order valence-electron chi connectivity index (χ2n) is 19.2. The molecule has 28 heteroatoms. The number of nitrogens with two attached hydrogens (primary N) is 8. The van der Waals surface area contributed by atoms with Gasteiger partial charge in [0.2, 0.25) is 23.6 Å². The summed E-state index contributed by atoms with van der Waals surface area (Å²) in [6.45, 7) is 10.9. The first kappa shape index (κ1) is 80.7. The molecule has 0 aromatic heterocycles. The Morgan fingerprint density at radius 1 is 0.349 bits per heavy atom. The average molecular weight is 1320 g/mol. The van der Waals surface area contributed by atoms with Crippen LogP contribution in [0.5, 0.6) is 0 Å². The van der Waals surface area contributed by atoms with E-state index in [0.29, 0.717) is 97.7 Å². The Morgan fingerprint density at radius 3 is 0.880 bits per heavy atom. The highest BCUT2D eigenvalue weighted by atomic mass is 32.2. The standard InChI is InChI=1S/C55H110N16O4S8/c1-2-24-68(29-21-65-53(58)59)49(72)15-44-80-37-8-4-34-78-42-13-26-70(30-22-66-54(60)61)52(75)18-47-83-39-10-6-35-79-43-14-27-71(31-23-67-55(62)63)51(74)17-46-82-38-9-5-33-77-41-12-25-69(28-20-64-48-57)50(73)16-45-81-36-7-3-32-76-40-11-19-56/h2,48H,1,3-47,56H2,(H2,57,64)(H4,58,59,65)(H4,60,61,66)(H4,62,63,67). The Morgan fingerprint density at radius 2 is 0.602 bits per heavy atom. The molecule has 0 radical (unpaired) electrons. The van der Waals surface area contributed by atoms with Crippen molar-refractivity contribution >= 4 is 142 Å². The summed E-state index contributed by atoms with van der Waals surface area (Å²) in [6, 6.07) is 0. The van der Waals surface area contributed by atoms with Crippen LogP contribution in [-0.2, 0) is 19.2 Å². The Kier molecular flexibility index (Phi) is 59.6. The van der Waals surface area contributed by atoms with E-state index in [1.54, 1.807) is 22.7 Å². The molecular formula is C55H110N16O4S8. The van der Waals surface area contributed by atoms with Crippen molar-refractivity contribution in [1.29, 1.82) is 0 Å². The molecule has 0 saturated heterocycles. The highest BCUT2D eigenvalue weighted by Gasteiger charge is 2.16. The van der Waals surface area contributed by atoms with Crippen LogP contribution in [0, 0.1) is 0 Å². The minimum Gasteiger partial charge on any atom is -0.390 e. The molecule has 0 heterocycles. The van der Waals surface area contributed by atoms with Gasteiger partial charge in [-0.2, -0.15) is 94.1 Å². The second kappa shape index (κ2) is 61.3. The topological polar surface area (TPSA) is 339 Å². The van der Waals surface area contributed by atoms with Gasteiger partial charge in [0, 0.05) is 101 Å². The van der Waals surface area contributed by atoms with E-state index in [1.807, 2.05) is 97.0 Å². The molecule has 16 N–H and O–H groups in total. The third kappa shape index (κ3) is 54.8. The maximum absolute atomic E-state index is 13.3. The maximum Gasteiger partial charge on any atom is 0.223 e. The van der Waals surface area contributed by atoms with Gasteiger partial charge in [0.1, 0.15) is 0 Å². The zero-order chi connectivity index (χ0) is 61.1. The van der Waals surface area contributed by atoms with Gasteiger partial charge < -0.3 is 65.5 Å². The molecule has 20 nitrogen and oxygen atoms in total. The van der Waals surface area contributed by atoms with Crippen LogP contribution in [0.25, 0.3) is 0 Å². The Balaban J connectivity index is 4.32. The number of carbonyl (C=O) groups is 4. The molecule has 0 aliphatic rings. The van der Waals surface area contributed by atoms with Gasteiger partial charge in [-0.25, -0.2) is 0 Å². The first-order chi connectivity index (χ1) is 40.4. The average Bonchev–Trinajstić information content (AvgIpc) is 3.46. The largest absolute Gasteiger partial charge is 0.390 e. The molecule has 0 atom stereocenters. The van der Waals surface area contributed by atoms with Gasteiger partial charge in [0.15, 0.2) is 17.9 Å². The lowest BCUT2D eigenvalue weighted by Gasteiger charge is -2.22. The minimum atomic E-state index is 0.0239. The van der Waals surface area contributed by atoms with Crippen LogP contribution in [0.1, 0.15) is 103 Å². The fraction of sp³-hybridized carbons (Fsp3) is 0.818. The third-order valence-electron chi connectivity index (χ3n) is 12.2. The van der Waals surface area contributed by atoms with Gasteiger partial charge in [0.05, 0.1) is 32.5 Å². The summed E-state index contributed by atoms with van der Waals surface area (Å²) in [7, 11) is 0. The van der Waals surface area contributed by atoms with Crippen molar-refractivity contribution in [2.75, 3.05) is 177 Å². The van der Waals surface area contributed by atoms with Crippen molar-refractivity contribution < 1.29 is 19.2 Å². The number of rotatable bonds is 61. The van der Waals surface area contributed by atoms with Crippen molar-refractivity contribution in [1.82, 2.24) is 19.6 Å². The summed E-state index contributed by atoms with van der Waals surface area (Å²) >= 11 is 15.1. The summed E-state index contributed by atoms with van der Waals surface area (Å²) in [4.78, 5) is 76.0. The van der Waals surface area contributed by atoms with Crippen LogP contribution in [0.15, 0.2) is 32.6 Å². The van der Waals surface area contributed by atoms with Gasteiger partial charge in [-0.3, -0.25) is 39.1 Å². The number of hydrogen-bond acceptors (Lipinski definition) is 17. The lowest BCUT2D eigenvalue weighted by Crippen LogP contribution is -2.35. The molecule has 0 aliphatic carbocycles. The van der Waals surface area contributed by atoms with E-state index in [-0.39, 0.29) is 41.5 Å². The fourth-order valence-corrected chi connectivity index (χ4v) is 15.2. The SMILES string of the molecule is C=CCN(CCN=C(N)N)C(=O)CCSCCCCSCCCN(CCN=C(N)N)C(=O)CCSCCCCSCCCN(CCN=C(N)N)C(=O)CCSCCCCSCCCN(CCN=CN)C(=O)CCSCCCCSCCCN. The summed E-state index contributed by atoms with van der Waals surface area (Å²) in [6.07, 6.45) is 18.0. The van der Waals surface area contributed by atoms with Crippen molar-refractivity contribution in [2.24, 2.45) is 65.8 Å². The molecule has 0 saturated carbocycles. The van der Waals surface area contributed by atoms with E-state index in [1.165, 1.54) is 24.9 Å². The van der Waals surface area contributed by atoms with E-state index in [2.05, 4.69) is 26.5 Å². The monoisotopic (exact) mass is 1310 g/mol. The van der Waals surface area contributed by atoms with Gasteiger partial charge in [-0.1, -0.05) is 6.08 Å². The molecular weight excluding hydrogens is 1210 g/mol. The number of aliphatic imine (C=N–C) groups is 4. The normalized spacial score (nSPS) is 11.1. The van der Waals surface area contributed by atoms with Crippen molar-refractivity contribution in [3.63, 3.8) is 0 Å². The van der Waals surface area contributed by atoms with Gasteiger partial charge in [0.25, 0.3) is 0 Å². The molecule has 0 aliphatic heterocycles. The molecule has 83 heavy (non-hydrogen) atoms. The fourth-order valence-electron chi connectivity index (χ4n) is 7.69. The number of guanidine groups is 3. The first-order valence-corrected chi connectivity index (χ1v) is 39.0. The smallest absolute Gasteiger partial charge is 0.223 e. The Hall–Kier alpha value is -2.34. The van der Waals surface area contributed by atoms with E-state index < -0.39 is 0 Å². The number of carbonyl (C=O) groups excluding carboxylic acids is 4. The molecule has 482 valence electrons. The zero-order valence-corrected chi connectivity index (χ0v) is 56.8. The van der Waals surface area contributed by atoms with Crippen molar-refractivity contribution in [2.45, 2.75) is 103 Å². The van der Waals surface area contributed by atoms with Crippen LogP contribution in [0.4, 0.5) is 0 Å². The molecule has 0 unspecified atom stereocenters. The Labute approximate surface area is 535 Å². The lowest BCUT2D eigenvalue weighted by molar-refractivity contribution is -0.131. The predicted octanol–water partition coefficient (Wildman–Crippen LogP) is 5.36. The van der Waals surface area contributed by atoms with E-state index in [9.17, 15) is 19.2 Å². The molecule has 0 aromatic rings. The van der Waals surface area contributed by atoms with Crippen molar-refractivity contribution in [3.05, 3.63) is 12.7 Å². The number of unbranched alkanes of at least 4 members (excludes halogenated alkanes) is 4. The number of hydrogen-bond donors (Lipinski definition) is 8. The summed E-state index contributed by atoms with van der Waals surface area (Å²) < 4.78 is 0. The molecule has 4 amide bonds. The number of amides is 4. The van der Waals surface area contributed by atoms with Crippen LogP contribution >= 0.6 is 94.1 Å². The minimum absolute atomic E-state index is 0.0239. The summed E-state index contributed by atoms with van der Waals surface area (Å²) in [5, 5.41) is 0. The highest BCUT2D eigenvalue weighted by molar-refractivity contribution is 8.00. The lowest BCUT2D eigenvalue weighted by atomic mass is 10.3. The molecule has 0 aromatic carbocycles. The predicted molar refractivity (Wildman–Crippen MR) is 378 cm³/mol. The quantitative estimate of drug-likeness (QED) is 0.0164. The first-order valence-electron chi connectivity index (χ1n) is 29.8. The van der Waals surface area contributed by atoms with E-state index >= 15 is 0 Å². The summed E-state index contributed by atoms with van der Waals surface area (Å²) in [5.74, 6) is 16.6. The van der Waals surface area contributed by atoms with Crippen LogP contribution in [0.2, 0.25) is 0 Å². The highest BCUT2D eigenvalue weighted by Crippen LogP contribution is 2.17. The van der Waals surface area contributed by atoms with E-state index in [4.69, 9.17) is 45.9 Å². The maximum atomic E-state index is 13.3. The number of thioether (sulfide) groups is 8. The van der Waals surface area contributed by atoms with E-state index in [0.717, 1.165) is 164 Å². The molecule has 0 spiro atoms. The van der Waals surface area contributed by atoms with Gasteiger partial charge in [-0.05, 0) is 153 Å². The van der Waals surface area contributed by atoms with Crippen LogP contribution in [-0.4, -0.2) is 245 Å². The van der Waals surface area contributed by atoms with Gasteiger partial charge in [-0.15, -0.1) is 6.58 Å². The number of nitrogens with zero attached hydrogens (tertiary/aromatic N) is 8.